The zero-order chi connectivity index (χ0) is 15.4. The van der Waals surface area contributed by atoms with Crippen LogP contribution in [-0.2, 0) is 6.42 Å². The highest BCUT2D eigenvalue weighted by molar-refractivity contribution is 5.94. The number of aliphatic imine (C=N–C) groups is 1. The molecule has 2 aromatic rings. The van der Waals surface area contributed by atoms with Crippen molar-refractivity contribution < 1.29 is 9.13 Å². The molecule has 6 heteroatoms. The third kappa shape index (κ3) is 4.36. The molecule has 2 aromatic carbocycles. The van der Waals surface area contributed by atoms with Crippen molar-refractivity contribution in [3.8, 4) is 5.75 Å². The van der Waals surface area contributed by atoms with Crippen LogP contribution in [-0.4, -0.2) is 26.2 Å². The quantitative estimate of drug-likeness (QED) is 0.901. The van der Waals surface area contributed by atoms with Gasteiger partial charge in [0.05, 0.1) is 13.7 Å². The number of rotatable bonds is 4. The van der Waals surface area contributed by atoms with Crippen molar-refractivity contribution in [2.75, 3.05) is 25.5 Å². The van der Waals surface area contributed by atoms with Gasteiger partial charge < -0.3 is 15.4 Å². The van der Waals surface area contributed by atoms with Crippen molar-refractivity contribution in [3.63, 3.8) is 0 Å². The number of halogens is 2. The molecule has 0 radical (unpaired) electrons. The maximum atomic E-state index is 13.7. The summed E-state index contributed by atoms with van der Waals surface area (Å²) >= 11 is 0. The van der Waals surface area contributed by atoms with Gasteiger partial charge in [0.25, 0.3) is 0 Å². The zero-order valence-corrected chi connectivity index (χ0v) is 13.6. The van der Waals surface area contributed by atoms with E-state index < -0.39 is 0 Å². The molecule has 23 heavy (non-hydrogen) atoms. The molecule has 0 bridgehead atoms. The normalized spacial score (nSPS) is 12.9. The number of ether oxygens (including phenoxy) is 1. The maximum Gasteiger partial charge on any atom is 0.195 e. The van der Waals surface area contributed by atoms with Gasteiger partial charge in [-0.2, -0.15) is 0 Å². The predicted octanol–water partition coefficient (Wildman–Crippen LogP) is 3.22. The fraction of sp³-hybridized carbons (Fsp3) is 0.235. The van der Waals surface area contributed by atoms with Crippen molar-refractivity contribution in [2.45, 2.75) is 6.42 Å². The van der Waals surface area contributed by atoms with E-state index in [9.17, 15) is 4.39 Å². The number of methoxy groups -OCH3 is 1. The smallest absolute Gasteiger partial charge is 0.195 e. The van der Waals surface area contributed by atoms with Gasteiger partial charge in [0, 0.05) is 12.2 Å². The van der Waals surface area contributed by atoms with E-state index >= 15 is 0 Å². The minimum absolute atomic E-state index is 0. The lowest BCUT2D eigenvalue weighted by atomic mass is 10.0. The third-order valence-electron chi connectivity index (χ3n) is 3.52. The van der Waals surface area contributed by atoms with Crippen LogP contribution in [0.4, 0.5) is 10.1 Å². The highest BCUT2D eigenvalue weighted by atomic mass is 35.5. The van der Waals surface area contributed by atoms with Crippen LogP contribution in [0, 0.1) is 5.82 Å². The van der Waals surface area contributed by atoms with Gasteiger partial charge in [-0.1, -0.05) is 18.2 Å². The number of nitrogens with one attached hydrogen (secondary N) is 2. The monoisotopic (exact) mass is 335 g/mol. The highest BCUT2D eigenvalue weighted by Gasteiger charge is 2.06. The maximum absolute atomic E-state index is 13.7. The molecule has 3 rings (SSSR count). The Hall–Kier alpha value is -2.27. The molecule has 1 aliphatic heterocycles. The first kappa shape index (κ1) is 17.1. The van der Waals surface area contributed by atoms with E-state index in [4.69, 9.17) is 4.74 Å². The average molecular weight is 336 g/mol. The molecule has 0 aromatic heterocycles. The molecule has 122 valence electrons. The molecule has 1 heterocycles. The highest BCUT2D eigenvalue weighted by Crippen LogP contribution is 2.20. The van der Waals surface area contributed by atoms with Gasteiger partial charge in [-0.25, -0.2) is 4.39 Å². The Morgan fingerprint density at radius 3 is 2.52 bits per heavy atom. The summed E-state index contributed by atoms with van der Waals surface area (Å²) in [5.74, 6) is 0.752. The zero-order valence-electron chi connectivity index (χ0n) is 12.8. The van der Waals surface area contributed by atoms with E-state index in [0.717, 1.165) is 35.9 Å². The molecule has 0 fully saturated rings. The molecule has 1 aliphatic rings. The van der Waals surface area contributed by atoms with Gasteiger partial charge in [0.15, 0.2) is 17.5 Å². The summed E-state index contributed by atoms with van der Waals surface area (Å²) in [6.45, 7) is 1.69. The van der Waals surface area contributed by atoms with E-state index in [2.05, 4.69) is 15.6 Å². The summed E-state index contributed by atoms with van der Waals surface area (Å²) in [7, 11) is 1.47. The summed E-state index contributed by atoms with van der Waals surface area (Å²) in [6.07, 6.45) is 0.681. The first-order chi connectivity index (χ1) is 10.7. The number of guanidine groups is 1. The fourth-order valence-electron chi connectivity index (χ4n) is 2.38. The van der Waals surface area contributed by atoms with E-state index in [1.165, 1.54) is 13.2 Å². The minimum Gasteiger partial charge on any atom is -0.494 e. The number of nitrogens with zero attached hydrogens (tertiary/aromatic N) is 1. The topological polar surface area (TPSA) is 45.6 Å². The van der Waals surface area contributed by atoms with Crippen molar-refractivity contribution in [3.05, 3.63) is 59.4 Å². The van der Waals surface area contributed by atoms with Crippen molar-refractivity contribution >= 4 is 24.1 Å². The summed E-state index contributed by atoms with van der Waals surface area (Å²) in [5.41, 5.74) is 3.02. The fourth-order valence-corrected chi connectivity index (χ4v) is 2.38. The summed E-state index contributed by atoms with van der Waals surface area (Å²) < 4.78 is 18.6. The largest absolute Gasteiger partial charge is 0.494 e. The van der Waals surface area contributed by atoms with Crippen LogP contribution in [0.25, 0.3) is 0 Å². The molecule has 4 nitrogen and oxygen atoms in total. The second-order valence-electron chi connectivity index (χ2n) is 5.12. The molecule has 0 atom stereocenters. The van der Waals surface area contributed by atoms with Crippen molar-refractivity contribution in [2.24, 2.45) is 4.99 Å². The van der Waals surface area contributed by atoms with Gasteiger partial charge in [0.1, 0.15) is 0 Å². The second kappa shape index (κ2) is 7.83. The molecule has 0 saturated carbocycles. The van der Waals surface area contributed by atoms with Crippen molar-refractivity contribution in [1.82, 2.24) is 5.32 Å². The van der Waals surface area contributed by atoms with Crippen LogP contribution < -0.4 is 15.4 Å². The van der Waals surface area contributed by atoms with Crippen LogP contribution in [0.5, 0.6) is 5.75 Å². The molecule has 0 unspecified atom stereocenters. The van der Waals surface area contributed by atoms with Crippen LogP contribution in [0.1, 0.15) is 11.1 Å². The van der Waals surface area contributed by atoms with Gasteiger partial charge in [-0.3, -0.25) is 4.99 Å². The molecular formula is C17H19ClFN3O. The first-order valence-electron chi connectivity index (χ1n) is 7.21. The van der Waals surface area contributed by atoms with Gasteiger partial charge in [0.2, 0.25) is 0 Å². The van der Waals surface area contributed by atoms with Crippen LogP contribution in [0.2, 0.25) is 0 Å². The van der Waals surface area contributed by atoms with Crippen LogP contribution >= 0.6 is 12.4 Å². The lowest BCUT2D eigenvalue weighted by molar-refractivity contribution is 0.386. The number of hydrogen-bond donors (Lipinski definition) is 2. The van der Waals surface area contributed by atoms with E-state index in [0.29, 0.717) is 6.42 Å². The van der Waals surface area contributed by atoms with Gasteiger partial charge in [-0.15, -0.1) is 12.4 Å². The van der Waals surface area contributed by atoms with E-state index in [-0.39, 0.29) is 24.0 Å². The number of hydrogen-bond acceptors (Lipinski definition) is 4. The SMILES string of the molecule is COc1ccc(Cc2ccc(NC3=NCCN3)cc2)cc1F.Cl. The summed E-state index contributed by atoms with van der Waals surface area (Å²) in [6, 6.07) is 13.1. The average Bonchev–Trinajstić information content (AvgIpc) is 3.02. The van der Waals surface area contributed by atoms with Crippen LogP contribution in [0.3, 0.4) is 0 Å². The number of benzene rings is 2. The van der Waals surface area contributed by atoms with Crippen molar-refractivity contribution in [1.29, 1.82) is 0 Å². The summed E-state index contributed by atoms with van der Waals surface area (Å²) in [5, 5.41) is 6.38. The molecule has 0 spiro atoms. The first-order valence-corrected chi connectivity index (χ1v) is 7.21. The van der Waals surface area contributed by atoms with E-state index in [1.54, 1.807) is 6.07 Å². The number of anilines is 1. The Kier molecular flexibility index (Phi) is 5.82. The molecule has 0 aliphatic carbocycles. The Labute approximate surface area is 141 Å². The Morgan fingerprint density at radius 1 is 1.17 bits per heavy atom. The molecule has 0 amide bonds. The predicted molar refractivity (Wildman–Crippen MR) is 93.4 cm³/mol. The molecular weight excluding hydrogens is 317 g/mol. The minimum atomic E-state index is -0.330. The summed E-state index contributed by atoms with van der Waals surface area (Å²) in [4.78, 5) is 4.29. The van der Waals surface area contributed by atoms with Gasteiger partial charge >= 0.3 is 0 Å². The Morgan fingerprint density at radius 2 is 1.91 bits per heavy atom. The second-order valence-corrected chi connectivity index (χ2v) is 5.12. The van der Waals surface area contributed by atoms with E-state index in [1.807, 2.05) is 30.3 Å². The molecule has 2 N–H and O–H groups in total. The Bertz CT molecular complexity index is 689. The van der Waals surface area contributed by atoms with Gasteiger partial charge in [-0.05, 0) is 41.8 Å². The van der Waals surface area contributed by atoms with Crippen LogP contribution in [0.15, 0.2) is 47.5 Å². The Balaban J connectivity index is 0.00000192. The standard InChI is InChI=1S/C17H18FN3O.ClH/c1-22-16-7-4-13(11-15(16)18)10-12-2-5-14(6-3-12)21-17-19-8-9-20-17;/h2-7,11H,8-10H2,1H3,(H2,19,20,21);1H. The molecule has 0 saturated heterocycles. The third-order valence-corrected chi connectivity index (χ3v) is 3.52. The lowest BCUT2D eigenvalue weighted by Gasteiger charge is -2.08. The lowest BCUT2D eigenvalue weighted by Crippen LogP contribution is -2.26.